The van der Waals surface area contributed by atoms with E-state index >= 15 is 0 Å². The number of carbonyl (C=O) groups excluding carboxylic acids is 1. The fraction of sp³-hybridized carbons (Fsp3) is 0.235. The highest BCUT2D eigenvalue weighted by molar-refractivity contribution is 6.08. The standard InChI is InChI=1S/C34H29NO3/c1-35-30-32-28(33(37-30,24-14-6-2-7-15-24)25-16-8-3-9-17-25)22-23-29(32)34(38-31(32)36,26-18-10-4-11-19-26)27-20-12-5-13-21-27/h2-21,28-29H,22-23H2,1H3. The minimum atomic E-state index is -1.01. The van der Waals surface area contributed by atoms with Crippen molar-refractivity contribution in [1.29, 1.82) is 0 Å². The molecule has 2 heterocycles. The molecule has 0 aromatic heterocycles. The van der Waals surface area contributed by atoms with Crippen molar-refractivity contribution in [2.75, 3.05) is 7.05 Å². The molecular formula is C34H29NO3. The summed E-state index contributed by atoms with van der Waals surface area (Å²) in [7, 11) is 1.74. The van der Waals surface area contributed by atoms with E-state index in [1.54, 1.807) is 7.05 Å². The van der Waals surface area contributed by atoms with Crippen molar-refractivity contribution in [2.24, 2.45) is 22.2 Å². The number of cyclic esters (lactones) is 1. The Morgan fingerprint density at radius 3 is 1.26 bits per heavy atom. The van der Waals surface area contributed by atoms with Crippen molar-refractivity contribution in [3.05, 3.63) is 144 Å². The number of esters is 1. The average molecular weight is 500 g/mol. The Balaban J connectivity index is 1.51. The van der Waals surface area contributed by atoms with Gasteiger partial charge in [0, 0.05) is 41.1 Å². The molecule has 4 heteroatoms. The van der Waals surface area contributed by atoms with E-state index in [0.29, 0.717) is 5.90 Å². The zero-order valence-corrected chi connectivity index (χ0v) is 21.3. The topological polar surface area (TPSA) is 47.9 Å². The average Bonchev–Trinajstić information content (AvgIpc) is 3.61. The highest BCUT2D eigenvalue weighted by atomic mass is 16.6. The number of ether oxygens (including phenoxy) is 2. The van der Waals surface area contributed by atoms with E-state index in [4.69, 9.17) is 14.5 Å². The Labute approximate surface area is 223 Å². The predicted octanol–water partition coefficient (Wildman–Crippen LogP) is 6.50. The molecule has 0 amide bonds. The number of rotatable bonds is 4. The molecule has 7 rings (SSSR count). The van der Waals surface area contributed by atoms with Crippen molar-refractivity contribution in [3.63, 3.8) is 0 Å². The monoisotopic (exact) mass is 499 g/mol. The van der Waals surface area contributed by atoms with Crippen LogP contribution in [0.25, 0.3) is 0 Å². The van der Waals surface area contributed by atoms with Crippen LogP contribution in [0.2, 0.25) is 0 Å². The number of nitrogens with zero attached hydrogens (tertiary/aromatic N) is 1. The van der Waals surface area contributed by atoms with Crippen LogP contribution in [0, 0.1) is 17.3 Å². The lowest BCUT2D eigenvalue weighted by Crippen LogP contribution is -2.44. The normalized spacial score (nSPS) is 27.4. The van der Waals surface area contributed by atoms with E-state index in [-0.39, 0.29) is 17.8 Å². The number of benzene rings is 4. The van der Waals surface area contributed by atoms with E-state index in [9.17, 15) is 4.79 Å². The van der Waals surface area contributed by atoms with Crippen LogP contribution in [0.1, 0.15) is 35.1 Å². The maximum Gasteiger partial charge on any atom is 0.323 e. The molecule has 3 unspecified atom stereocenters. The van der Waals surface area contributed by atoms with Gasteiger partial charge in [-0.15, -0.1) is 0 Å². The molecule has 1 saturated carbocycles. The van der Waals surface area contributed by atoms with Crippen LogP contribution in [0.5, 0.6) is 0 Å². The van der Waals surface area contributed by atoms with Gasteiger partial charge in [-0.3, -0.25) is 9.79 Å². The number of aliphatic imine (C=N–C) groups is 1. The van der Waals surface area contributed by atoms with Crippen LogP contribution < -0.4 is 0 Å². The van der Waals surface area contributed by atoms with Crippen molar-refractivity contribution in [2.45, 2.75) is 24.0 Å². The first-order valence-corrected chi connectivity index (χ1v) is 13.3. The lowest BCUT2D eigenvalue weighted by atomic mass is 9.61. The van der Waals surface area contributed by atoms with Crippen LogP contribution in [-0.2, 0) is 25.5 Å². The number of hydrogen-bond acceptors (Lipinski definition) is 4. The molecule has 4 nitrogen and oxygen atoms in total. The molecule has 188 valence electrons. The van der Waals surface area contributed by atoms with Crippen molar-refractivity contribution in [3.8, 4) is 0 Å². The summed E-state index contributed by atoms with van der Waals surface area (Å²) >= 11 is 0. The summed E-state index contributed by atoms with van der Waals surface area (Å²) in [6.07, 6.45) is 1.62. The highest BCUT2D eigenvalue weighted by Gasteiger charge is 2.81. The van der Waals surface area contributed by atoms with E-state index in [0.717, 1.165) is 35.1 Å². The molecular weight excluding hydrogens is 470 g/mol. The van der Waals surface area contributed by atoms with Crippen molar-refractivity contribution >= 4 is 11.9 Å². The smallest absolute Gasteiger partial charge is 0.323 e. The second kappa shape index (κ2) is 8.42. The summed E-state index contributed by atoms with van der Waals surface area (Å²) in [5.41, 5.74) is 1.22. The van der Waals surface area contributed by atoms with Gasteiger partial charge in [-0.05, 0) is 12.8 Å². The van der Waals surface area contributed by atoms with Gasteiger partial charge in [-0.2, -0.15) is 0 Å². The van der Waals surface area contributed by atoms with Gasteiger partial charge in [0.1, 0.15) is 0 Å². The summed E-state index contributed by atoms with van der Waals surface area (Å²) in [5.74, 6) is -0.112. The number of hydrogen-bond donors (Lipinski definition) is 0. The second-order valence-electron chi connectivity index (χ2n) is 10.5. The molecule has 1 aliphatic carbocycles. The van der Waals surface area contributed by atoms with E-state index in [1.165, 1.54) is 0 Å². The zero-order chi connectivity index (χ0) is 25.8. The molecule has 3 atom stereocenters. The van der Waals surface area contributed by atoms with Gasteiger partial charge in [-0.1, -0.05) is 121 Å². The van der Waals surface area contributed by atoms with E-state index < -0.39 is 16.6 Å². The third-order valence-electron chi connectivity index (χ3n) is 9.04. The summed E-state index contributed by atoms with van der Waals surface area (Å²) in [4.78, 5) is 19.3. The van der Waals surface area contributed by atoms with Gasteiger partial charge in [0.15, 0.2) is 16.6 Å². The SMILES string of the molecule is CN=C1OC(c2ccccc2)(c2ccccc2)C2CCC3C(c4ccccc4)(c4ccccc4)OC(=O)C132. The lowest BCUT2D eigenvalue weighted by molar-refractivity contribution is -0.152. The third-order valence-corrected chi connectivity index (χ3v) is 9.04. The Kier molecular flexibility index (Phi) is 5.09. The Bertz CT molecular complexity index is 1410. The van der Waals surface area contributed by atoms with Crippen molar-refractivity contribution in [1.82, 2.24) is 0 Å². The fourth-order valence-corrected chi connectivity index (χ4v) is 7.71. The first-order valence-electron chi connectivity index (χ1n) is 13.3. The van der Waals surface area contributed by atoms with Crippen LogP contribution in [0.15, 0.2) is 126 Å². The molecule has 4 aromatic rings. The highest BCUT2D eigenvalue weighted by Crippen LogP contribution is 2.72. The predicted molar refractivity (Wildman–Crippen MR) is 147 cm³/mol. The first-order chi connectivity index (χ1) is 18.7. The molecule has 38 heavy (non-hydrogen) atoms. The molecule has 0 bridgehead atoms. The molecule has 3 fully saturated rings. The minimum absolute atomic E-state index is 0.176. The van der Waals surface area contributed by atoms with Crippen LogP contribution in [-0.4, -0.2) is 18.9 Å². The van der Waals surface area contributed by atoms with E-state index in [2.05, 4.69) is 48.5 Å². The molecule has 1 spiro atoms. The Morgan fingerprint density at radius 1 is 0.579 bits per heavy atom. The van der Waals surface area contributed by atoms with Gasteiger partial charge in [0.2, 0.25) is 5.90 Å². The molecule has 2 aliphatic heterocycles. The number of carbonyl (C=O) groups is 1. The van der Waals surface area contributed by atoms with Crippen LogP contribution in [0.3, 0.4) is 0 Å². The molecule has 0 N–H and O–H groups in total. The summed E-state index contributed by atoms with van der Waals surface area (Å²) in [5, 5.41) is 0. The van der Waals surface area contributed by atoms with Gasteiger partial charge < -0.3 is 9.47 Å². The van der Waals surface area contributed by atoms with Crippen LogP contribution >= 0.6 is 0 Å². The van der Waals surface area contributed by atoms with Crippen LogP contribution in [0.4, 0.5) is 0 Å². The molecule has 0 radical (unpaired) electrons. The van der Waals surface area contributed by atoms with Gasteiger partial charge in [0.05, 0.1) is 0 Å². The molecule has 2 saturated heterocycles. The maximum absolute atomic E-state index is 14.6. The lowest BCUT2D eigenvalue weighted by Gasteiger charge is -2.35. The van der Waals surface area contributed by atoms with Gasteiger partial charge >= 0.3 is 5.97 Å². The van der Waals surface area contributed by atoms with Crippen molar-refractivity contribution < 1.29 is 14.3 Å². The Morgan fingerprint density at radius 2 is 0.921 bits per heavy atom. The molecule has 3 aliphatic rings. The zero-order valence-electron chi connectivity index (χ0n) is 21.3. The van der Waals surface area contributed by atoms with Gasteiger partial charge in [-0.25, -0.2) is 0 Å². The second-order valence-corrected chi connectivity index (χ2v) is 10.5. The fourth-order valence-electron chi connectivity index (χ4n) is 7.71. The quantitative estimate of drug-likeness (QED) is 0.301. The largest absolute Gasteiger partial charge is 0.463 e. The maximum atomic E-state index is 14.6. The first kappa shape index (κ1) is 23.0. The molecule has 4 aromatic carbocycles. The summed E-state index contributed by atoms with van der Waals surface area (Å²) in [6.45, 7) is 0. The summed E-state index contributed by atoms with van der Waals surface area (Å²) < 4.78 is 13.7. The minimum Gasteiger partial charge on any atom is -0.463 e. The third kappa shape index (κ3) is 2.75. The Hall–Kier alpha value is -4.18. The van der Waals surface area contributed by atoms with Gasteiger partial charge in [0.25, 0.3) is 0 Å². The summed E-state index contributed by atoms with van der Waals surface area (Å²) in [6, 6.07) is 41.0. The van der Waals surface area contributed by atoms with E-state index in [1.807, 2.05) is 72.8 Å².